The molecule has 96 valence electrons. The number of hydrogen-bond donors (Lipinski definition) is 1. The first kappa shape index (κ1) is 12.6. The highest BCUT2D eigenvalue weighted by Gasteiger charge is 2.11. The van der Waals surface area contributed by atoms with E-state index in [-0.39, 0.29) is 23.8 Å². The van der Waals surface area contributed by atoms with Gasteiger partial charge in [0.15, 0.2) is 0 Å². The fourth-order valence-electron chi connectivity index (χ4n) is 2.08. The molecule has 2 N–H and O–H groups in total. The molecule has 0 radical (unpaired) electrons. The highest BCUT2D eigenvalue weighted by molar-refractivity contribution is 5.78. The van der Waals surface area contributed by atoms with Crippen LogP contribution >= 0.6 is 0 Å². The second kappa shape index (κ2) is 4.42. The third-order valence-electron chi connectivity index (χ3n) is 2.98. The Morgan fingerprint density at radius 3 is 2.61 bits per heavy atom. The van der Waals surface area contributed by atoms with Crippen molar-refractivity contribution in [1.29, 1.82) is 0 Å². The Morgan fingerprint density at radius 2 is 2.00 bits per heavy atom. The molecule has 5 heteroatoms. The van der Waals surface area contributed by atoms with Crippen molar-refractivity contribution >= 4 is 10.9 Å². The van der Waals surface area contributed by atoms with Crippen molar-refractivity contribution in [2.75, 3.05) is 0 Å². The van der Waals surface area contributed by atoms with Crippen LogP contribution in [0.3, 0.4) is 0 Å². The lowest BCUT2D eigenvalue weighted by atomic mass is 10.1. The van der Waals surface area contributed by atoms with Gasteiger partial charge >= 0.3 is 5.69 Å². The van der Waals surface area contributed by atoms with Crippen LogP contribution in [0.4, 0.5) is 0 Å². The van der Waals surface area contributed by atoms with Crippen LogP contribution in [-0.4, -0.2) is 15.2 Å². The monoisotopic (exact) mass is 247 g/mol. The quantitative estimate of drug-likeness (QED) is 0.832. The third kappa shape index (κ3) is 1.97. The summed E-state index contributed by atoms with van der Waals surface area (Å²) in [5.74, 6) is 0. The predicted molar refractivity (Wildman–Crippen MR) is 71.8 cm³/mol. The lowest BCUT2D eigenvalue weighted by molar-refractivity contribution is 0.538. The number of fused-ring (bicyclic) bond motifs is 1. The van der Waals surface area contributed by atoms with Crippen molar-refractivity contribution in [3.05, 3.63) is 44.6 Å². The van der Waals surface area contributed by atoms with Crippen molar-refractivity contribution in [3.63, 3.8) is 0 Å². The summed E-state index contributed by atoms with van der Waals surface area (Å²) >= 11 is 0. The van der Waals surface area contributed by atoms with Gasteiger partial charge in [0.2, 0.25) is 0 Å². The van der Waals surface area contributed by atoms with Gasteiger partial charge in [0, 0.05) is 19.6 Å². The predicted octanol–water partition coefficient (Wildman–Crippen LogP) is 0.356. The van der Waals surface area contributed by atoms with Gasteiger partial charge in [-0.15, -0.1) is 0 Å². The summed E-state index contributed by atoms with van der Waals surface area (Å²) in [5, 5.41) is 0.553. The molecule has 0 aliphatic carbocycles. The smallest absolute Gasteiger partial charge is 0.326 e. The number of benzene rings is 1. The summed E-state index contributed by atoms with van der Waals surface area (Å²) in [4.78, 5) is 24.4. The molecule has 0 aliphatic heterocycles. The topological polar surface area (TPSA) is 70.0 Å². The van der Waals surface area contributed by atoms with Crippen molar-refractivity contribution in [2.24, 2.45) is 12.8 Å². The van der Waals surface area contributed by atoms with Crippen LogP contribution < -0.4 is 17.0 Å². The molecular weight excluding hydrogens is 230 g/mol. The number of nitrogens with two attached hydrogens (primary N) is 1. The van der Waals surface area contributed by atoms with Gasteiger partial charge in [-0.05, 0) is 26.0 Å². The minimum atomic E-state index is -0.325. The fraction of sp³-hybridized carbons (Fsp3) is 0.385. The van der Waals surface area contributed by atoms with Gasteiger partial charge in [-0.2, -0.15) is 0 Å². The zero-order valence-corrected chi connectivity index (χ0v) is 10.8. The maximum absolute atomic E-state index is 12.3. The van der Waals surface area contributed by atoms with Crippen LogP contribution in [0.5, 0.6) is 0 Å². The molecule has 0 aliphatic rings. The first-order valence-corrected chi connectivity index (χ1v) is 5.87. The SMILES string of the molecule is Cc1ccc2c(c1)c(=O)n(CC(C)N)c(=O)n2C. The Kier molecular flexibility index (Phi) is 3.09. The van der Waals surface area contributed by atoms with Gasteiger partial charge in [0.25, 0.3) is 5.56 Å². The summed E-state index contributed by atoms with van der Waals surface area (Å²) in [5.41, 5.74) is 6.72. The van der Waals surface area contributed by atoms with Gasteiger partial charge in [0.05, 0.1) is 10.9 Å². The molecule has 0 bridgehead atoms. The van der Waals surface area contributed by atoms with E-state index in [2.05, 4.69) is 0 Å². The van der Waals surface area contributed by atoms with E-state index >= 15 is 0 Å². The molecule has 2 aromatic rings. The summed E-state index contributed by atoms with van der Waals surface area (Å²) < 4.78 is 2.69. The molecule has 18 heavy (non-hydrogen) atoms. The van der Waals surface area contributed by atoms with Gasteiger partial charge < -0.3 is 5.73 Å². The van der Waals surface area contributed by atoms with E-state index in [1.165, 1.54) is 9.13 Å². The molecule has 1 aromatic carbocycles. The average Bonchev–Trinajstić information content (AvgIpc) is 2.31. The molecule has 1 atom stereocenters. The number of aromatic nitrogens is 2. The highest BCUT2D eigenvalue weighted by Crippen LogP contribution is 2.09. The Balaban J connectivity index is 2.89. The molecule has 1 aromatic heterocycles. The van der Waals surface area contributed by atoms with Crippen LogP contribution in [0, 0.1) is 6.92 Å². The molecule has 0 amide bonds. The first-order chi connectivity index (χ1) is 8.41. The standard InChI is InChI=1S/C13H17N3O2/c1-8-4-5-11-10(6-8)12(17)16(7-9(2)14)13(18)15(11)3/h4-6,9H,7,14H2,1-3H3. The minimum absolute atomic E-state index is 0.232. The summed E-state index contributed by atoms with van der Waals surface area (Å²) in [6.07, 6.45) is 0. The first-order valence-electron chi connectivity index (χ1n) is 5.87. The fourth-order valence-corrected chi connectivity index (χ4v) is 2.08. The van der Waals surface area contributed by atoms with E-state index in [4.69, 9.17) is 5.73 Å². The van der Waals surface area contributed by atoms with E-state index in [1.807, 2.05) is 13.0 Å². The minimum Gasteiger partial charge on any atom is -0.326 e. The molecule has 1 heterocycles. The van der Waals surface area contributed by atoms with Crippen LogP contribution in [0.15, 0.2) is 27.8 Å². The second-order valence-corrected chi connectivity index (χ2v) is 4.76. The van der Waals surface area contributed by atoms with Crippen LogP contribution in [0.25, 0.3) is 10.9 Å². The number of aryl methyl sites for hydroxylation is 2. The van der Waals surface area contributed by atoms with Crippen LogP contribution in [0.1, 0.15) is 12.5 Å². The van der Waals surface area contributed by atoms with E-state index in [0.29, 0.717) is 10.9 Å². The van der Waals surface area contributed by atoms with Gasteiger partial charge in [-0.1, -0.05) is 11.6 Å². The molecule has 0 spiro atoms. The van der Waals surface area contributed by atoms with Crippen LogP contribution in [-0.2, 0) is 13.6 Å². The van der Waals surface area contributed by atoms with E-state index in [9.17, 15) is 9.59 Å². The molecular formula is C13H17N3O2. The molecule has 0 saturated heterocycles. The van der Waals surface area contributed by atoms with E-state index in [1.54, 1.807) is 26.1 Å². The van der Waals surface area contributed by atoms with E-state index < -0.39 is 0 Å². The molecule has 1 unspecified atom stereocenters. The number of hydrogen-bond acceptors (Lipinski definition) is 3. The lowest BCUT2D eigenvalue weighted by Gasteiger charge is -2.12. The molecule has 5 nitrogen and oxygen atoms in total. The average molecular weight is 247 g/mol. The summed E-state index contributed by atoms with van der Waals surface area (Å²) in [6, 6.07) is 5.24. The Labute approximate surface area is 104 Å². The second-order valence-electron chi connectivity index (χ2n) is 4.76. The third-order valence-corrected chi connectivity index (χ3v) is 2.98. The maximum atomic E-state index is 12.3. The molecule has 2 rings (SSSR count). The van der Waals surface area contributed by atoms with Crippen molar-refractivity contribution < 1.29 is 0 Å². The lowest BCUT2D eigenvalue weighted by Crippen LogP contribution is -2.42. The zero-order chi connectivity index (χ0) is 13.4. The Hall–Kier alpha value is -1.88. The van der Waals surface area contributed by atoms with Gasteiger partial charge in [-0.25, -0.2) is 4.79 Å². The van der Waals surface area contributed by atoms with Gasteiger partial charge in [0.1, 0.15) is 0 Å². The largest absolute Gasteiger partial charge is 0.331 e. The Morgan fingerprint density at radius 1 is 1.33 bits per heavy atom. The summed E-state index contributed by atoms with van der Waals surface area (Å²) in [7, 11) is 1.66. The highest BCUT2D eigenvalue weighted by atomic mass is 16.2. The van der Waals surface area contributed by atoms with Crippen molar-refractivity contribution in [1.82, 2.24) is 9.13 Å². The number of rotatable bonds is 2. The summed E-state index contributed by atoms with van der Waals surface area (Å²) in [6.45, 7) is 3.92. The van der Waals surface area contributed by atoms with Crippen LogP contribution in [0.2, 0.25) is 0 Å². The maximum Gasteiger partial charge on any atom is 0.331 e. The van der Waals surface area contributed by atoms with Gasteiger partial charge in [-0.3, -0.25) is 13.9 Å². The van der Waals surface area contributed by atoms with Crippen molar-refractivity contribution in [2.45, 2.75) is 26.4 Å². The zero-order valence-electron chi connectivity index (χ0n) is 10.8. The molecule has 0 fully saturated rings. The number of nitrogens with zero attached hydrogens (tertiary/aromatic N) is 2. The van der Waals surface area contributed by atoms with E-state index in [0.717, 1.165) is 5.56 Å². The molecule has 0 saturated carbocycles. The van der Waals surface area contributed by atoms with Crippen molar-refractivity contribution in [3.8, 4) is 0 Å². The Bertz CT molecular complexity index is 710. The normalized spacial score (nSPS) is 12.9.